The average Bonchev–Trinajstić information content (AvgIpc) is 2.78. The fraction of sp³-hybridized carbons (Fsp3) is 0.154. The van der Waals surface area contributed by atoms with Gasteiger partial charge in [-0.25, -0.2) is 9.97 Å². The molecule has 0 saturated heterocycles. The molecule has 0 radical (unpaired) electrons. The van der Waals surface area contributed by atoms with Crippen LogP contribution in [-0.4, -0.2) is 14.5 Å². The van der Waals surface area contributed by atoms with Gasteiger partial charge in [0.2, 0.25) is 0 Å². The molecule has 0 fully saturated rings. The zero-order valence-electron chi connectivity index (χ0n) is 10.1. The molecule has 19 heavy (non-hydrogen) atoms. The Morgan fingerprint density at radius 3 is 2.95 bits per heavy atom. The first-order valence-electron chi connectivity index (χ1n) is 5.69. The van der Waals surface area contributed by atoms with E-state index in [0.717, 1.165) is 16.6 Å². The van der Waals surface area contributed by atoms with Crippen LogP contribution in [0.1, 0.15) is 11.1 Å². The zero-order chi connectivity index (χ0) is 13.4. The number of nitrogens with zero attached hydrogens (tertiary/aromatic N) is 3. The Kier molecular flexibility index (Phi) is 3.08. The van der Waals surface area contributed by atoms with Gasteiger partial charge in [-0.2, -0.15) is 0 Å². The SMILES string of the molecule is Cc1csc2c(=O)n(Cc3ccc(Cl)nc3)cnc12. The van der Waals surface area contributed by atoms with Crippen LogP contribution in [0.4, 0.5) is 0 Å². The van der Waals surface area contributed by atoms with Crippen LogP contribution in [0, 0.1) is 6.92 Å². The Labute approximate surface area is 118 Å². The molecule has 0 amide bonds. The Hall–Kier alpha value is -1.72. The van der Waals surface area contributed by atoms with Crippen molar-refractivity contribution >= 4 is 33.2 Å². The molecule has 3 aromatic heterocycles. The Balaban J connectivity index is 2.04. The first kappa shape index (κ1) is 12.3. The predicted molar refractivity (Wildman–Crippen MR) is 77.0 cm³/mol. The monoisotopic (exact) mass is 291 g/mol. The molecule has 0 atom stereocenters. The summed E-state index contributed by atoms with van der Waals surface area (Å²) < 4.78 is 2.28. The van der Waals surface area contributed by atoms with Gasteiger partial charge >= 0.3 is 0 Å². The molecule has 0 N–H and O–H groups in total. The third kappa shape index (κ3) is 2.27. The van der Waals surface area contributed by atoms with Crippen molar-refractivity contribution in [2.75, 3.05) is 0 Å². The van der Waals surface area contributed by atoms with Crippen molar-refractivity contribution in [2.45, 2.75) is 13.5 Å². The number of halogens is 1. The lowest BCUT2D eigenvalue weighted by molar-refractivity contribution is 0.747. The Morgan fingerprint density at radius 1 is 1.37 bits per heavy atom. The van der Waals surface area contributed by atoms with Gasteiger partial charge in [0.25, 0.3) is 5.56 Å². The van der Waals surface area contributed by atoms with Gasteiger partial charge in [-0.05, 0) is 29.5 Å². The van der Waals surface area contributed by atoms with Gasteiger partial charge < -0.3 is 0 Å². The number of aromatic nitrogens is 3. The molecule has 0 bridgehead atoms. The van der Waals surface area contributed by atoms with Crippen molar-refractivity contribution in [1.82, 2.24) is 14.5 Å². The summed E-state index contributed by atoms with van der Waals surface area (Å²) >= 11 is 7.17. The van der Waals surface area contributed by atoms with E-state index < -0.39 is 0 Å². The summed E-state index contributed by atoms with van der Waals surface area (Å²) in [6.07, 6.45) is 3.25. The van der Waals surface area contributed by atoms with Crippen LogP contribution in [0.2, 0.25) is 5.15 Å². The summed E-state index contributed by atoms with van der Waals surface area (Å²) in [5.41, 5.74) is 2.73. The van der Waals surface area contributed by atoms with Crippen molar-refractivity contribution < 1.29 is 0 Å². The lowest BCUT2D eigenvalue weighted by atomic mass is 10.3. The summed E-state index contributed by atoms with van der Waals surface area (Å²) in [5.74, 6) is 0. The third-order valence-electron chi connectivity index (χ3n) is 2.87. The highest BCUT2D eigenvalue weighted by molar-refractivity contribution is 7.17. The van der Waals surface area contributed by atoms with E-state index in [1.54, 1.807) is 23.2 Å². The van der Waals surface area contributed by atoms with Crippen molar-refractivity contribution in [3.05, 3.63) is 56.7 Å². The van der Waals surface area contributed by atoms with Crippen molar-refractivity contribution in [2.24, 2.45) is 0 Å². The highest BCUT2D eigenvalue weighted by Crippen LogP contribution is 2.19. The molecule has 0 spiro atoms. The van der Waals surface area contributed by atoms with Crippen molar-refractivity contribution in [3.63, 3.8) is 0 Å². The van der Waals surface area contributed by atoms with Crippen molar-refractivity contribution in [3.8, 4) is 0 Å². The van der Waals surface area contributed by atoms with Gasteiger partial charge in [-0.3, -0.25) is 9.36 Å². The fourth-order valence-corrected chi connectivity index (χ4v) is 2.93. The van der Waals surface area contributed by atoms with Gasteiger partial charge in [-0.15, -0.1) is 11.3 Å². The quantitative estimate of drug-likeness (QED) is 0.682. The zero-order valence-corrected chi connectivity index (χ0v) is 11.7. The van der Waals surface area contributed by atoms with E-state index in [4.69, 9.17) is 11.6 Å². The molecule has 0 aromatic carbocycles. The lowest BCUT2D eigenvalue weighted by Gasteiger charge is -2.05. The van der Waals surface area contributed by atoms with Crippen LogP contribution in [0.3, 0.4) is 0 Å². The van der Waals surface area contributed by atoms with E-state index in [1.165, 1.54) is 11.3 Å². The molecule has 3 heterocycles. The molecule has 96 valence electrons. The van der Waals surface area contributed by atoms with Crippen LogP contribution in [0.5, 0.6) is 0 Å². The van der Waals surface area contributed by atoms with Crippen LogP contribution in [0.25, 0.3) is 10.2 Å². The summed E-state index contributed by atoms with van der Waals surface area (Å²) in [4.78, 5) is 20.6. The molecule has 3 rings (SSSR count). The molecular weight excluding hydrogens is 282 g/mol. The smallest absolute Gasteiger partial charge is 0.271 e. The molecule has 0 aliphatic rings. The minimum absolute atomic E-state index is 0.0157. The fourth-order valence-electron chi connectivity index (χ4n) is 1.87. The topological polar surface area (TPSA) is 47.8 Å². The Morgan fingerprint density at radius 2 is 2.21 bits per heavy atom. The maximum atomic E-state index is 12.3. The maximum Gasteiger partial charge on any atom is 0.271 e. The average molecular weight is 292 g/mol. The summed E-state index contributed by atoms with van der Waals surface area (Å²) in [6, 6.07) is 3.56. The van der Waals surface area contributed by atoms with E-state index >= 15 is 0 Å². The van der Waals surface area contributed by atoms with Crippen LogP contribution in [0.15, 0.2) is 34.8 Å². The molecule has 0 aliphatic heterocycles. The van der Waals surface area contributed by atoms with E-state index in [2.05, 4.69) is 9.97 Å². The highest BCUT2D eigenvalue weighted by Gasteiger charge is 2.08. The first-order valence-corrected chi connectivity index (χ1v) is 6.94. The largest absolute Gasteiger partial charge is 0.293 e. The van der Waals surface area contributed by atoms with Gasteiger partial charge in [0.15, 0.2) is 0 Å². The van der Waals surface area contributed by atoms with Gasteiger partial charge in [0.05, 0.1) is 18.4 Å². The number of aryl methyl sites for hydroxylation is 1. The van der Waals surface area contributed by atoms with Gasteiger partial charge in [0, 0.05) is 6.20 Å². The molecule has 0 aliphatic carbocycles. The Bertz CT molecular complexity index is 792. The molecular formula is C13H10ClN3OS. The van der Waals surface area contributed by atoms with E-state index in [9.17, 15) is 4.79 Å². The van der Waals surface area contributed by atoms with E-state index in [0.29, 0.717) is 16.4 Å². The standard InChI is InChI=1S/C13H10ClN3OS/c1-8-6-19-12-11(8)16-7-17(13(12)18)5-9-2-3-10(14)15-4-9/h2-4,6-7H,5H2,1H3. The van der Waals surface area contributed by atoms with E-state index in [-0.39, 0.29) is 5.56 Å². The molecule has 0 saturated carbocycles. The maximum absolute atomic E-state index is 12.3. The number of pyridine rings is 1. The number of thiophene rings is 1. The highest BCUT2D eigenvalue weighted by atomic mass is 35.5. The second kappa shape index (κ2) is 4.75. The summed E-state index contributed by atoms with van der Waals surface area (Å²) in [6.45, 7) is 2.40. The van der Waals surface area contributed by atoms with Gasteiger partial charge in [0.1, 0.15) is 9.85 Å². The minimum atomic E-state index is -0.0157. The number of rotatable bonds is 2. The normalized spacial score (nSPS) is 11.1. The van der Waals surface area contributed by atoms with Gasteiger partial charge in [-0.1, -0.05) is 17.7 Å². The minimum Gasteiger partial charge on any atom is -0.293 e. The molecule has 4 nitrogen and oxygen atoms in total. The van der Waals surface area contributed by atoms with Crippen LogP contribution in [-0.2, 0) is 6.54 Å². The van der Waals surface area contributed by atoms with Crippen LogP contribution < -0.4 is 5.56 Å². The number of hydrogen-bond donors (Lipinski definition) is 0. The summed E-state index contributed by atoms with van der Waals surface area (Å²) in [5, 5.41) is 2.39. The molecule has 3 aromatic rings. The van der Waals surface area contributed by atoms with Crippen LogP contribution >= 0.6 is 22.9 Å². The lowest BCUT2D eigenvalue weighted by Crippen LogP contribution is -2.20. The third-order valence-corrected chi connectivity index (χ3v) is 4.16. The van der Waals surface area contributed by atoms with Crippen molar-refractivity contribution in [1.29, 1.82) is 0 Å². The summed E-state index contributed by atoms with van der Waals surface area (Å²) in [7, 11) is 0. The predicted octanol–water partition coefficient (Wildman–Crippen LogP) is 2.86. The first-order chi connectivity index (χ1) is 9.15. The molecule has 0 unspecified atom stereocenters. The molecule has 6 heteroatoms. The second-order valence-electron chi connectivity index (χ2n) is 4.26. The number of hydrogen-bond acceptors (Lipinski definition) is 4. The second-order valence-corrected chi connectivity index (χ2v) is 5.53. The van der Waals surface area contributed by atoms with E-state index in [1.807, 2.05) is 18.4 Å². The number of fused-ring (bicyclic) bond motifs is 1.